The van der Waals surface area contributed by atoms with Crippen LogP contribution in [0.5, 0.6) is 0 Å². The SMILES string of the molecule is CC(C)CCCOCc1cc(F)cc(/C(N)=N/O)c1. The molecule has 4 nitrogen and oxygen atoms in total. The predicted octanol–water partition coefficient (Wildman–Crippen LogP) is 2.87. The van der Waals surface area contributed by atoms with Crippen LogP contribution < -0.4 is 5.73 Å². The summed E-state index contributed by atoms with van der Waals surface area (Å²) < 4.78 is 18.8. The lowest BCUT2D eigenvalue weighted by Crippen LogP contribution is -2.14. The Morgan fingerprint density at radius 1 is 1.42 bits per heavy atom. The number of halogens is 1. The monoisotopic (exact) mass is 268 g/mol. The van der Waals surface area contributed by atoms with Gasteiger partial charge in [0.1, 0.15) is 5.82 Å². The third-order valence-electron chi connectivity index (χ3n) is 2.70. The number of rotatable bonds is 7. The van der Waals surface area contributed by atoms with Crippen molar-refractivity contribution in [3.63, 3.8) is 0 Å². The number of hydrogen-bond donors (Lipinski definition) is 2. The number of benzene rings is 1. The Kier molecular flexibility index (Phi) is 6.29. The molecular formula is C14H21FN2O2. The fraction of sp³-hybridized carbons (Fsp3) is 0.500. The van der Waals surface area contributed by atoms with Crippen molar-refractivity contribution in [1.82, 2.24) is 0 Å². The van der Waals surface area contributed by atoms with Crippen LogP contribution in [0.2, 0.25) is 0 Å². The van der Waals surface area contributed by atoms with Gasteiger partial charge >= 0.3 is 0 Å². The first-order valence-corrected chi connectivity index (χ1v) is 6.38. The van der Waals surface area contributed by atoms with Gasteiger partial charge in [-0.15, -0.1) is 0 Å². The lowest BCUT2D eigenvalue weighted by Gasteiger charge is -2.08. The van der Waals surface area contributed by atoms with Gasteiger partial charge in [-0.3, -0.25) is 0 Å². The number of oxime groups is 1. The molecule has 0 atom stereocenters. The fourth-order valence-electron chi connectivity index (χ4n) is 1.72. The van der Waals surface area contributed by atoms with E-state index in [1.54, 1.807) is 6.07 Å². The highest BCUT2D eigenvalue weighted by Gasteiger charge is 2.05. The summed E-state index contributed by atoms with van der Waals surface area (Å²) in [5.74, 6) is 0.121. The van der Waals surface area contributed by atoms with Crippen molar-refractivity contribution < 1.29 is 14.3 Å². The number of nitrogens with zero attached hydrogens (tertiary/aromatic N) is 1. The van der Waals surface area contributed by atoms with Gasteiger partial charge in [-0.1, -0.05) is 19.0 Å². The highest BCUT2D eigenvalue weighted by Crippen LogP contribution is 2.11. The minimum atomic E-state index is -0.426. The molecule has 0 heterocycles. The highest BCUT2D eigenvalue weighted by atomic mass is 19.1. The molecule has 0 aliphatic rings. The minimum Gasteiger partial charge on any atom is -0.409 e. The third-order valence-corrected chi connectivity index (χ3v) is 2.70. The van der Waals surface area contributed by atoms with E-state index in [1.165, 1.54) is 12.1 Å². The van der Waals surface area contributed by atoms with Crippen molar-refractivity contribution in [2.75, 3.05) is 6.61 Å². The summed E-state index contributed by atoms with van der Waals surface area (Å²) in [7, 11) is 0. The van der Waals surface area contributed by atoms with Gasteiger partial charge in [-0.2, -0.15) is 0 Å². The highest BCUT2D eigenvalue weighted by molar-refractivity contribution is 5.97. The molecule has 0 radical (unpaired) electrons. The molecule has 1 rings (SSSR count). The number of nitrogens with two attached hydrogens (primary N) is 1. The Hall–Kier alpha value is -1.62. The summed E-state index contributed by atoms with van der Waals surface area (Å²) in [6.07, 6.45) is 2.10. The quantitative estimate of drug-likeness (QED) is 0.263. The normalized spacial score (nSPS) is 12.1. The van der Waals surface area contributed by atoms with E-state index >= 15 is 0 Å². The van der Waals surface area contributed by atoms with Crippen LogP contribution in [0, 0.1) is 11.7 Å². The lowest BCUT2D eigenvalue weighted by molar-refractivity contribution is 0.114. The van der Waals surface area contributed by atoms with Crippen LogP contribution in [0.1, 0.15) is 37.8 Å². The molecule has 106 valence electrons. The molecule has 0 aliphatic carbocycles. The van der Waals surface area contributed by atoms with Gasteiger partial charge < -0.3 is 15.7 Å². The first-order chi connectivity index (χ1) is 9.02. The zero-order valence-electron chi connectivity index (χ0n) is 11.4. The summed E-state index contributed by atoms with van der Waals surface area (Å²) in [5, 5.41) is 11.4. The van der Waals surface area contributed by atoms with Gasteiger partial charge in [0, 0.05) is 12.2 Å². The maximum atomic E-state index is 13.4. The average molecular weight is 268 g/mol. The van der Waals surface area contributed by atoms with Crippen LogP contribution in [-0.4, -0.2) is 17.6 Å². The van der Waals surface area contributed by atoms with E-state index in [0.717, 1.165) is 12.8 Å². The molecule has 0 amide bonds. The first-order valence-electron chi connectivity index (χ1n) is 6.38. The Balaban J connectivity index is 2.52. The van der Waals surface area contributed by atoms with Gasteiger partial charge in [0.2, 0.25) is 0 Å². The van der Waals surface area contributed by atoms with Gasteiger partial charge in [-0.05, 0) is 42.5 Å². The Labute approximate surface area is 113 Å². The Morgan fingerprint density at radius 3 is 2.79 bits per heavy atom. The molecule has 3 N–H and O–H groups in total. The number of amidine groups is 1. The van der Waals surface area contributed by atoms with Gasteiger partial charge in [-0.25, -0.2) is 4.39 Å². The van der Waals surface area contributed by atoms with Crippen LogP contribution in [0.4, 0.5) is 4.39 Å². The second kappa shape index (κ2) is 7.74. The molecule has 0 aliphatic heterocycles. The summed E-state index contributed by atoms with van der Waals surface area (Å²) in [6.45, 7) is 5.29. The van der Waals surface area contributed by atoms with Gasteiger partial charge in [0.15, 0.2) is 5.84 Å². The number of ether oxygens (including phenoxy) is 1. The summed E-state index contributed by atoms with van der Waals surface area (Å²) in [5.41, 5.74) is 6.46. The molecule has 1 aromatic carbocycles. The average Bonchev–Trinajstić information content (AvgIpc) is 2.36. The molecule has 1 aromatic rings. The van der Waals surface area contributed by atoms with Gasteiger partial charge in [0.25, 0.3) is 0 Å². The van der Waals surface area contributed by atoms with E-state index in [0.29, 0.717) is 30.3 Å². The topological polar surface area (TPSA) is 67.8 Å². The predicted molar refractivity (Wildman–Crippen MR) is 72.6 cm³/mol. The van der Waals surface area contributed by atoms with Crippen LogP contribution >= 0.6 is 0 Å². The zero-order chi connectivity index (χ0) is 14.3. The van der Waals surface area contributed by atoms with Crippen molar-refractivity contribution in [3.05, 3.63) is 35.1 Å². The Bertz CT molecular complexity index is 433. The van der Waals surface area contributed by atoms with Crippen molar-refractivity contribution in [2.45, 2.75) is 33.3 Å². The van der Waals surface area contributed by atoms with E-state index in [4.69, 9.17) is 15.7 Å². The summed E-state index contributed by atoms with van der Waals surface area (Å²) in [6, 6.07) is 4.26. The largest absolute Gasteiger partial charge is 0.409 e. The maximum absolute atomic E-state index is 13.4. The second-order valence-electron chi connectivity index (χ2n) is 4.92. The molecule has 0 aromatic heterocycles. The van der Waals surface area contributed by atoms with E-state index in [1.807, 2.05) is 0 Å². The van der Waals surface area contributed by atoms with Crippen LogP contribution in [0.15, 0.2) is 23.4 Å². The zero-order valence-corrected chi connectivity index (χ0v) is 11.4. The lowest BCUT2D eigenvalue weighted by atomic mass is 10.1. The molecule has 0 fully saturated rings. The van der Waals surface area contributed by atoms with Crippen molar-refractivity contribution >= 4 is 5.84 Å². The second-order valence-corrected chi connectivity index (χ2v) is 4.92. The molecule has 19 heavy (non-hydrogen) atoms. The van der Waals surface area contributed by atoms with Crippen molar-refractivity contribution in [3.8, 4) is 0 Å². The minimum absolute atomic E-state index is 0.111. The molecule has 0 saturated heterocycles. The molecule has 0 unspecified atom stereocenters. The van der Waals surface area contributed by atoms with Crippen LogP contribution in [-0.2, 0) is 11.3 Å². The maximum Gasteiger partial charge on any atom is 0.170 e. The summed E-state index contributed by atoms with van der Waals surface area (Å²) >= 11 is 0. The van der Waals surface area contributed by atoms with Gasteiger partial charge in [0.05, 0.1) is 6.61 Å². The van der Waals surface area contributed by atoms with Crippen molar-refractivity contribution in [2.24, 2.45) is 16.8 Å². The standard InChI is InChI=1S/C14H21FN2O2/c1-10(2)4-3-5-19-9-11-6-12(14(16)17-18)8-13(15)7-11/h6-8,10,18H,3-5,9H2,1-2H3,(H2,16,17). The molecule has 0 saturated carbocycles. The molecule has 0 bridgehead atoms. The third kappa shape index (κ3) is 5.70. The summed E-state index contributed by atoms with van der Waals surface area (Å²) in [4.78, 5) is 0. The fourth-order valence-corrected chi connectivity index (χ4v) is 1.72. The Morgan fingerprint density at radius 2 is 2.16 bits per heavy atom. The molecule has 0 spiro atoms. The van der Waals surface area contributed by atoms with E-state index in [2.05, 4.69) is 19.0 Å². The van der Waals surface area contributed by atoms with Crippen LogP contribution in [0.25, 0.3) is 0 Å². The first kappa shape index (κ1) is 15.4. The molecular weight excluding hydrogens is 247 g/mol. The van der Waals surface area contributed by atoms with Crippen LogP contribution in [0.3, 0.4) is 0 Å². The van der Waals surface area contributed by atoms with E-state index in [-0.39, 0.29) is 5.84 Å². The smallest absolute Gasteiger partial charge is 0.170 e. The van der Waals surface area contributed by atoms with Crippen molar-refractivity contribution in [1.29, 1.82) is 0 Å². The number of hydrogen-bond acceptors (Lipinski definition) is 3. The van der Waals surface area contributed by atoms with E-state index in [9.17, 15) is 4.39 Å². The molecule has 5 heteroatoms. The van der Waals surface area contributed by atoms with E-state index < -0.39 is 5.82 Å².